The number of aromatic nitrogens is 2. The molecule has 9 heteroatoms. The van der Waals surface area contributed by atoms with Gasteiger partial charge in [-0.05, 0) is 12.8 Å². The minimum Gasteiger partial charge on any atom is -0.300 e. The van der Waals surface area contributed by atoms with E-state index in [1.54, 1.807) is 0 Å². The molecule has 0 bridgehead atoms. The summed E-state index contributed by atoms with van der Waals surface area (Å²) in [6, 6.07) is 9.64. The molecule has 1 aromatic carbocycles. The number of hydrogen-bond acceptors (Lipinski definition) is 6. The Morgan fingerprint density at radius 2 is 1.88 bits per heavy atom. The lowest BCUT2D eigenvalue weighted by Crippen LogP contribution is -2.40. The van der Waals surface area contributed by atoms with Crippen molar-refractivity contribution in [3.63, 3.8) is 0 Å². The molecule has 24 heavy (non-hydrogen) atoms. The summed E-state index contributed by atoms with van der Waals surface area (Å²) < 4.78 is 24.4. The molecule has 1 fully saturated rings. The summed E-state index contributed by atoms with van der Waals surface area (Å²) in [5, 5.41) is 12.1. The van der Waals surface area contributed by atoms with Crippen molar-refractivity contribution in [2.75, 3.05) is 24.7 Å². The van der Waals surface area contributed by atoms with Gasteiger partial charge in [-0.2, -0.15) is 0 Å². The molecule has 1 aliphatic heterocycles. The fourth-order valence-electron chi connectivity index (χ4n) is 2.63. The number of carbonyl (C=O) groups excluding carboxylic acids is 1. The molecule has 1 N–H and O–H groups in total. The quantitative estimate of drug-likeness (QED) is 0.891. The second kappa shape index (κ2) is 6.96. The largest absolute Gasteiger partial charge is 0.300 e. The van der Waals surface area contributed by atoms with Gasteiger partial charge in [-0.15, -0.1) is 10.2 Å². The Balaban J connectivity index is 1.59. The number of piperidine rings is 1. The van der Waals surface area contributed by atoms with Crippen LogP contribution in [0, 0.1) is 5.92 Å². The molecule has 0 saturated carbocycles. The van der Waals surface area contributed by atoms with Crippen molar-refractivity contribution in [2.45, 2.75) is 12.8 Å². The van der Waals surface area contributed by atoms with Gasteiger partial charge in [0.2, 0.25) is 21.1 Å². The maximum absolute atomic E-state index is 12.3. The normalized spacial score (nSPS) is 16.9. The predicted octanol–water partition coefficient (Wildman–Crippen LogP) is 1.82. The minimum absolute atomic E-state index is 0.126. The van der Waals surface area contributed by atoms with E-state index in [1.165, 1.54) is 21.9 Å². The summed E-state index contributed by atoms with van der Waals surface area (Å²) in [5.41, 5.74) is 0.956. The predicted molar refractivity (Wildman–Crippen MR) is 93.1 cm³/mol. The first kappa shape index (κ1) is 17.0. The molecule has 1 aromatic heterocycles. The number of nitrogens with one attached hydrogen (secondary N) is 1. The van der Waals surface area contributed by atoms with Gasteiger partial charge in [0.25, 0.3) is 0 Å². The second-order valence-corrected chi connectivity index (χ2v) is 8.66. The first-order valence-corrected chi connectivity index (χ1v) is 10.2. The number of carbonyl (C=O) groups is 1. The molecule has 0 radical (unpaired) electrons. The van der Waals surface area contributed by atoms with E-state index >= 15 is 0 Å². The van der Waals surface area contributed by atoms with Crippen molar-refractivity contribution >= 4 is 32.4 Å². The second-order valence-electron chi connectivity index (χ2n) is 5.70. The van der Waals surface area contributed by atoms with E-state index in [4.69, 9.17) is 0 Å². The summed E-state index contributed by atoms with van der Waals surface area (Å²) in [4.78, 5) is 12.3. The molecule has 1 aliphatic rings. The number of rotatable bonds is 4. The van der Waals surface area contributed by atoms with Crippen LogP contribution in [-0.4, -0.2) is 48.2 Å². The van der Waals surface area contributed by atoms with Gasteiger partial charge in [-0.3, -0.25) is 4.79 Å². The van der Waals surface area contributed by atoms with Crippen LogP contribution in [-0.2, 0) is 14.8 Å². The summed E-state index contributed by atoms with van der Waals surface area (Å²) in [7, 11) is -3.18. The average Bonchev–Trinajstić information content (AvgIpc) is 3.03. The van der Waals surface area contributed by atoms with Crippen LogP contribution in [0.5, 0.6) is 0 Å². The summed E-state index contributed by atoms with van der Waals surface area (Å²) in [6.45, 7) is 0.755. The van der Waals surface area contributed by atoms with Crippen LogP contribution in [0.1, 0.15) is 12.8 Å². The monoisotopic (exact) mass is 366 g/mol. The molecule has 0 aliphatic carbocycles. The molecule has 128 valence electrons. The van der Waals surface area contributed by atoms with E-state index in [1.807, 2.05) is 30.3 Å². The van der Waals surface area contributed by atoms with Crippen LogP contribution in [0.2, 0.25) is 0 Å². The van der Waals surface area contributed by atoms with Crippen LogP contribution in [0.3, 0.4) is 0 Å². The van der Waals surface area contributed by atoms with Crippen molar-refractivity contribution in [2.24, 2.45) is 5.92 Å². The van der Waals surface area contributed by atoms with Gasteiger partial charge in [-0.25, -0.2) is 12.7 Å². The maximum Gasteiger partial charge on any atom is 0.229 e. The molecular weight excluding hydrogens is 348 g/mol. The smallest absolute Gasteiger partial charge is 0.229 e. The fraction of sp³-hybridized carbons (Fsp3) is 0.400. The Kier molecular flexibility index (Phi) is 4.93. The van der Waals surface area contributed by atoms with Gasteiger partial charge in [0.15, 0.2) is 0 Å². The molecule has 2 heterocycles. The molecule has 2 aromatic rings. The van der Waals surface area contributed by atoms with E-state index in [0.29, 0.717) is 31.1 Å². The van der Waals surface area contributed by atoms with Crippen LogP contribution in [0.4, 0.5) is 5.13 Å². The zero-order valence-electron chi connectivity index (χ0n) is 13.2. The van der Waals surface area contributed by atoms with E-state index in [9.17, 15) is 13.2 Å². The van der Waals surface area contributed by atoms with E-state index in [2.05, 4.69) is 15.5 Å². The van der Waals surface area contributed by atoms with Crippen molar-refractivity contribution in [3.05, 3.63) is 30.3 Å². The standard InChI is InChI=1S/C15H18N4O3S2/c1-24(21,22)19-9-7-11(8-10-19)13(20)16-15-18-17-14(23-15)12-5-3-2-4-6-12/h2-6,11H,7-10H2,1H3,(H,16,18,20). The van der Waals surface area contributed by atoms with Gasteiger partial charge in [0, 0.05) is 24.6 Å². The zero-order valence-corrected chi connectivity index (χ0v) is 14.8. The third-order valence-corrected chi connectivity index (χ3v) is 6.16. The van der Waals surface area contributed by atoms with Crippen molar-refractivity contribution in [3.8, 4) is 10.6 Å². The van der Waals surface area contributed by atoms with Crippen molar-refractivity contribution in [1.82, 2.24) is 14.5 Å². The number of anilines is 1. The first-order chi connectivity index (χ1) is 11.4. The highest BCUT2D eigenvalue weighted by Crippen LogP contribution is 2.27. The Hall–Kier alpha value is -1.84. The SMILES string of the molecule is CS(=O)(=O)N1CCC(C(=O)Nc2nnc(-c3ccccc3)s2)CC1. The zero-order chi connectivity index (χ0) is 17.2. The summed E-state index contributed by atoms with van der Waals surface area (Å²) >= 11 is 1.32. The highest BCUT2D eigenvalue weighted by molar-refractivity contribution is 7.88. The Bertz CT molecular complexity index is 812. The number of sulfonamides is 1. The lowest BCUT2D eigenvalue weighted by atomic mass is 9.97. The van der Waals surface area contributed by atoms with Crippen molar-refractivity contribution < 1.29 is 13.2 Å². The highest BCUT2D eigenvalue weighted by Gasteiger charge is 2.29. The highest BCUT2D eigenvalue weighted by atomic mass is 32.2. The molecule has 0 spiro atoms. The summed E-state index contributed by atoms with van der Waals surface area (Å²) in [5.74, 6) is -0.328. The third-order valence-electron chi connectivity index (χ3n) is 3.97. The van der Waals surface area contributed by atoms with Crippen LogP contribution < -0.4 is 5.32 Å². The molecule has 3 rings (SSSR count). The molecule has 1 amide bonds. The molecule has 1 saturated heterocycles. The van der Waals surface area contributed by atoms with E-state index in [0.717, 1.165) is 10.6 Å². The van der Waals surface area contributed by atoms with Gasteiger partial charge < -0.3 is 5.32 Å². The number of hydrogen-bond donors (Lipinski definition) is 1. The Morgan fingerprint density at radius 1 is 1.21 bits per heavy atom. The van der Waals surface area contributed by atoms with Gasteiger partial charge in [0.05, 0.1) is 6.26 Å². The molecule has 0 atom stereocenters. The maximum atomic E-state index is 12.3. The Labute approximate surface area is 144 Å². The van der Waals surface area contributed by atoms with E-state index < -0.39 is 10.0 Å². The van der Waals surface area contributed by atoms with E-state index in [-0.39, 0.29) is 11.8 Å². The fourth-order valence-corrected chi connectivity index (χ4v) is 4.25. The molecule has 0 unspecified atom stereocenters. The van der Waals surface area contributed by atoms with Gasteiger partial charge in [0.1, 0.15) is 5.01 Å². The number of amides is 1. The lowest BCUT2D eigenvalue weighted by Gasteiger charge is -2.29. The topological polar surface area (TPSA) is 92.3 Å². The Morgan fingerprint density at radius 3 is 2.50 bits per heavy atom. The third kappa shape index (κ3) is 3.97. The van der Waals surface area contributed by atoms with Gasteiger partial charge in [-0.1, -0.05) is 41.7 Å². The lowest BCUT2D eigenvalue weighted by molar-refractivity contribution is -0.120. The summed E-state index contributed by atoms with van der Waals surface area (Å²) in [6.07, 6.45) is 2.23. The van der Waals surface area contributed by atoms with Crippen LogP contribution in [0.25, 0.3) is 10.6 Å². The van der Waals surface area contributed by atoms with Crippen LogP contribution >= 0.6 is 11.3 Å². The average molecular weight is 366 g/mol. The van der Waals surface area contributed by atoms with Gasteiger partial charge >= 0.3 is 0 Å². The minimum atomic E-state index is -3.18. The first-order valence-electron chi connectivity index (χ1n) is 7.58. The molecular formula is C15H18N4O3S2. The number of nitrogens with zero attached hydrogens (tertiary/aromatic N) is 3. The van der Waals surface area contributed by atoms with Crippen molar-refractivity contribution in [1.29, 1.82) is 0 Å². The van der Waals surface area contributed by atoms with Crippen LogP contribution in [0.15, 0.2) is 30.3 Å². The molecule has 7 nitrogen and oxygen atoms in total. The number of benzene rings is 1.